The summed E-state index contributed by atoms with van der Waals surface area (Å²) in [6, 6.07) is 25.9. The molecule has 0 radical (unpaired) electrons. The molecule has 2 atom stereocenters. The quantitative estimate of drug-likeness (QED) is 0.139. The molecule has 224 valence electrons. The van der Waals surface area contributed by atoms with Crippen LogP contribution in [0.2, 0.25) is 0 Å². The summed E-state index contributed by atoms with van der Waals surface area (Å²) in [7, 11) is 0. The molecule has 2 heterocycles. The summed E-state index contributed by atoms with van der Waals surface area (Å²) < 4.78 is 0. The Bertz CT molecular complexity index is 1200. The van der Waals surface area contributed by atoms with Gasteiger partial charge in [-0.1, -0.05) is 48.5 Å². The van der Waals surface area contributed by atoms with E-state index in [1.54, 1.807) is 36.7 Å². The summed E-state index contributed by atoms with van der Waals surface area (Å²) in [6.07, 6.45) is 2.28. The summed E-state index contributed by atoms with van der Waals surface area (Å²) >= 11 is 5.69. The summed E-state index contributed by atoms with van der Waals surface area (Å²) in [6.45, 7) is 3.29. The van der Waals surface area contributed by atoms with E-state index in [-0.39, 0.29) is 23.9 Å². The number of pyridine rings is 2. The molecule has 2 aromatic heterocycles. The van der Waals surface area contributed by atoms with E-state index >= 15 is 0 Å². The monoisotopic (exact) mass is 593 g/mol. The van der Waals surface area contributed by atoms with E-state index in [0.717, 1.165) is 22.5 Å². The molecular weight excluding hydrogens is 554 g/mol. The van der Waals surface area contributed by atoms with E-state index in [1.807, 2.05) is 70.5 Å². The Morgan fingerprint density at radius 3 is 1.43 bits per heavy atom. The van der Waals surface area contributed by atoms with Crippen LogP contribution in [0, 0.1) is 0 Å². The number of phenolic OH excluding ortho intramolecular Hbond substituents is 2. The van der Waals surface area contributed by atoms with Crippen LogP contribution >= 0.6 is 11.6 Å². The fourth-order valence-corrected chi connectivity index (χ4v) is 4.40. The van der Waals surface area contributed by atoms with Gasteiger partial charge in [-0.05, 0) is 36.4 Å². The standard InChI is InChI=1S/C16H19ClN2O2.C16H21N3O2/c2*17-9-15(20)12-19(11-14-6-3-4-8-18-14)10-13-5-1-2-7-16(13)21/h1-8,15,20-21H,9-12H2;1-8,15,20-21H,9-12,17H2. The van der Waals surface area contributed by atoms with Crippen molar-refractivity contribution in [3.63, 3.8) is 0 Å². The van der Waals surface area contributed by atoms with Gasteiger partial charge in [-0.15, -0.1) is 11.6 Å². The molecule has 0 bridgehead atoms. The van der Waals surface area contributed by atoms with Crippen LogP contribution < -0.4 is 5.73 Å². The molecule has 0 aliphatic rings. The first-order chi connectivity index (χ1) is 20.4. The number of para-hydroxylation sites is 2. The molecule has 0 saturated carbocycles. The molecule has 0 spiro atoms. The van der Waals surface area contributed by atoms with Crippen LogP contribution in [0.1, 0.15) is 22.5 Å². The van der Waals surface area contributed by atoms with Crippen molar-refractivity contribution in [1.82, 2.24) is 19.8 Å². The van der Waals surface area contributed by atoms with Crippen LogP contribution in [0.4, 0.5) is 0 Å². The van der Waals surface area contributed by atoms with Crippen molar-refractivity contribution in [1.29, 1.82) is 0 Å². The molecule has 2 aromatic carbocycles. The van der Waals surface area contributed by atoms with Crippen molar-refractivity contribution in [3.8, 4) is 11.5 Å². The lowest BCUT2D eigenvalue weighted by Crippen LogP contribution is -2.36. The number of hydrogen-bond donors (Lipinski definition) is 5. The fraction of sp³-hybridized carbons (Fsp3) is 0.312. The summed E-state index contributed by atoms with van der Waals surface area (Å²) in [5.41, 5.74) is 8.95. The van der Waals surface area contributed by atoms with Crippen LogP contribution in [0.25, 0.3) is 0 Å². The lowest BCUT2D eigenvalue weighted by molar-refractivity contribution is 0.109. The predicted molar refractivity (Wildman–Crippen MR) is 165 cm³/mol. The second-order valence-electron chi connectivity index (χ2n) is 9.94. The van der Waals surface area contributed by atoms with E-state index in [0.29, 0.717) is 39.3 Å². The van der Waals surface area contributed by atoms with Crippen LogP contribution in [-0.4, -0.2) is 77.9 Å². The number of aromatic hydroxyl groups is 2. The Labute approximate surface area is 252 Å². The molecule has 0 amide bonds. The maximum absolute atomic E-state index is 9.89. The highest BCUT2D eigenvalue weighted by molar-refractivity contribution is 6.18. The highest BCUT2D eigenvalue weighted by Gasteiger charge is 2.15. The number of aliphatic hydroxyl groups excluding tert-OH is 2. The van der Waals surface area contributed by atoms with E-state index in [2.05, 4.69) is 9.97 Å². The lowest BCUT2D eigenvalue weighted by Gasteiger charge is -2.24. The SMILES string of the molecule is NCC(O)CN(Cc1ccccn1)Cc1ccccc1O.Oc1ccccc1CN(Cc1ccccn1)CC(O)CCl. The zero-order valence-electron chi connectivity index (χ0n) is 23.6. The Hall–Kier alpha value is -3.57. The molecule has 0 aliphatic carbocycles. The molecule has 4 rings (SSSR count). The lowest BCUT2D eigenvalue weighted by atomic mass is 10.1. The number of aliphatic hydroxyl groups is 2. The van der Waals surface area contributed by atoms with Gasteiger partial charge in [-0.25, -0.2) is 0 Å². The normalized spacial score (nSPS) is 12.5. The number of hydrogen-bond acceptors (Lipinski definition) is 9. The third-order valence-electron chi connectivity index (χ3n) is 6.38. The van der Waals surface area contributed by atoms with E-state index in [1.165, 1.54) is 0 Å². The van der Waals surface area contributed by atoms with Crippen LogP contribution in [0.5, 0.6) is 11.5 Å². The molecule has 10 heteroatoms. The number of halogens is 1. The highest BCUT2D eigenvalue weighted by Crippen LogP contribution is 2.20. The second-order valence-corrected chi connectivity index (χ2v) is 10.2. The smallest absolute Gasteiger partial charge is 0.120 e. The van der Waals surface area contributed by atoms with E-state index < -0.39 is 12.2 Å². The van der Waals surface area contributed by atoms with Crippen molar-refractivity contribution in [2.75, 3.05) is 25.5 Å². The summed E-state index contributed by atoms with van der Waals surface area (Å²) in [5, 5.41) is 39.4. The maximum Gasteiger partial charge on any atom is 0.120 e. The first kappa shape index (κ1) is 32.9. The van der Waals surface area contributed by atoms with Gasteiger partial charge in [0.15, 0.2) is 0 Å². The summed E-state index contributed by atoms with van der Waals surface area (Å²) in [5.74, 6) is 0.689. The molecule has 0 fully saturated rings. The van der Waals surface area contributed by atoms with Crippen molar-refractivity contribution in [3.05, 3.63) is 120 Å². The Morgan fingerprint density at radius 2 is 1.05 bits per heavy atom. The number of phenols is 2. The number of nitrogens with two attached hydrogens (primary N) is 1. The largest absolute Gasteiger partial charge is 0.508 e. The van der Waals surface area contributed by atoms with Gasteiger partial charge >= 0.3 is 0 Å². The molecule has 0 saturated heterocycles. The maximum atomic E-state index is 9.89. The zero-order valence-corrected chi connectivity index (χ0v) is 24.3. The van der Waals surface area contributed by atoms with Crippen molar-refractivity contribution in [2.24, 2.45) is 5.73 Å². The topological polar surface area (TPSA) is 139 Å². The van der Waals surface area contributed by atoms with Crippen molar-refractivity contribution >= 4 is 11.6 Å². The first-order valence-corrected chi connectivity index (χ1v) is 14.3. The second kappa shape index (κ2) is 18.1. The van der Waals surface area contributed by atoms with Gasteiger partial charge in [0.25, 0.3) is 0 Å². The van der Waals surface area contributed by atoms with Crippen molar-refractivity contribution < 1.29 is 20.4 Å². The van der Waals surface area contributed by atoms with E-state index in [9.17, 15) is 20.4 Å². The van der Waals surface area contributed by atoms with Crippen molar-refractivity contribution in [2.45, 2.75) is 38.4 Å². The molecule has 9 nitrogen and oxygen atoms in total. The average Bonchev–Trinajstić information content (AvgIpc) is 3.00. The third kappa shape index (κ3) is 11.7. The van der Waals surface area contributed by atoms with Crippen LogP contribution in [0.3, 0.4) is 0 Å². The number of aromatic nitrogens is 2. The van der Waals surface area contributed by atoms with Gasteiger partial charge < -0.3 is 26.2 Å². The summed E-state index contributed by atoms with van der Waals surface area (Å²) in [4.78, 5) is 12.6. The number of alkyl halides is 1. The highest BCUT2D eigenvalue weighted by atomic mass is 35.5. The zero-order chi connectivity index (χ0) is 30.2. The van der Waals surface area contributed by atoms with Gasteiger partial charge in [0, 0.05) is 75.2 Å². The third-order valence-corrected chi connectivity index (χ3v) is 6.74. The van der Waals surface area contributed by atoms with Gasteiger partial charge in [0.05, 0.1) is 23.6 Å². The Kier molecular flexibility index (Phi) is 14.2. The molecule has 42 heavy (non-hydrogen) atoms. The Balaban J connectivity index is 0.000000230. The van der Waals surface area contributed by atoms with Gasteiger partial charge in [0.1, 0.15) is 11.5 Å². The predicted octanol–water partition coefficient (Wildman–Crippen LogP) is 3.50. The van der Waals surface area contributed by atoms with Gasteiger partial charge in [-0.3, -0.25) is 19.8 Å². The Morgan fingerprint density at radius 1 is 0.619 bits per heavy atom. The van der Waals surface area contributed by atoms with Gasteiger partial charge in [0.2, 0.25) is 0 Å². The number of rotatable bonds is 14. The fourth-order valence-electron chi connectivity index (χ4n) is 4.30. The minimum atomic E-state index is -0.610. The van der Waals surface area contributed by atoms with Gasteiger partial charge in [-0.2, -0.15) is 0 Å². The molecule has 0 aliphatic heterocycles. The minimum Gasteiger partial charge on any atom is -0.508 e. The number of nitrogens with zero attached hydrogens (tertiary/aromatic N) is 4. The molecule has 6 N–H and O–H groups in total. The molecule has 2 unspecified atom stereocenters. The van der Waals surface area contributed by atoms with E-state index in [4.69, 9.17) is 17.3 Å². The molecular formula is C32H40ClN5O4. The van der Waals surface area contributed by atoms with Crippen LogP contribution in [-0.2, 0) is 26.2 Å². The first-order valence-electron chi connectivity index (χ1n) is 13.8. The number of benzene rings is 2. The average molecular weight is 594 g/mol. The molecule has 4 aromatic rings. The minimum absolute atomic E-state index is 0.180. The van der Waals surface area contributed by atoms with Crippen LogP contribution in [0.15, 0.2) is 97.3 Å².